The van der Waals surface area contributed by atoms with E-state index < -0.39 is 12.1 Å². The average molecular weight is 959 g/mol. The molecule has 0 aliphatic carbocycles. The first-order chi connectivity index (χ1) is 34.2. The van der Waals surface area contributed by atoms with Gasteiger partial charge in [-0.05, 0) is 77.0 Å². The molecule has 2 atom stereocenters. The Bertz CT molecular complexity index is 1270. The fraction of sp³-hybridized carbons (Fsp3) is 0.738. The Morgan fingerprint density at radius 2 is 0.638 bits per heavy atom. The number of allylic oxidation sites excluding steroid dienone is 15. The Kier molecular flexibility index (Phi) is 57.3. The molecule has 0 aliphatic rings. The van der Waals surface area contributed by atoms with Gasteiger partial charge >= 0.3 is 0 Å². The van der Waals surface area contributed by atoms with E-state index in [4.69, 9.17) is 0 Å². The minimum absolute atomic E-state index is 0.0627. The molecule has 0 aliphatic heterocycles. The first kappa shape index (κ1) is 66.3. The SMILES string of the molecule is CC/C=C\C/C=C\C/C=C\C/C=C\C/C=C\C/C=C\C/C=C\CCCCCCCCCCCCCCCCCCCCCC(=O)NC(CO)C(O)/C=C/CCCCCCCCCCCCCCCC. The molecule has 3 N–H and O–H groups in total. The maximum absolute atomic E-state index is 12.5. The van der Waals surface area contributed by atoms with E-state index in [0.29, 0.717) is 6.42 Å². The molecule has 1 amide bonds. The van der Waals surface area contributed by atoms with Crippen molar-refractivity contribution in [2.75, 3.05) is 6.61 Å². The third-order valence-corrected chi connectivity index (χ3v) is 13.3. The summed E-state index contributed by atoms with van der Waals surface area (Å²) in [5, 5.41) is 23.1. The van der Waals surface area contributed by atoms with Gasteiger partial charge in [0.2, 0.25) is 5.91 Å². The number of aliphatic hydroxyl groups is 2. The highest BCUT2D eigenvalue weighted by Gasteiger charge is 2.18. The Labute approximate surface area is 430 Å². The van der Waals surface area contributed by atoms with Crippen LogP contribution in [0.25, 0.3) is 0 Å². The second-order valence-corrected chi connectivity index (χ2v) is 20.0. The van der Waals surface area contributed by atoms with Gasteiger partial charge in [0.25, 0.3) is 0 Å². The number of amides is 1. The zero-order valence-electron chi connectivity index (χ0n) is 45.8. The molecular formula is C65H115NO3. The fourth-order valence-corrected chi connectivity index (χ4v) is 8.81. The molecule has 0 saturated carbocycles. The van der Waals surface area contributed by atoms with E-state index in [2.05, 4.69) is 104 Å². The molecular weight excluding hydrogens is 843 g/mol. The third-order valence-electron chi connectivity index (χ3n) is 13.3. The van der Waals surface area contributed by atoms with Crippen LogP contribution in [0.4, 0.5) is 0 Å². The standard InChI is InChI=1S/C65H115NO3/c1-3-5-7-9-11-13-15-17-19-21-22-23-24-25-26-27-28-29-30-31-32-33-34-35-36-37-38-39-40-41-42-43-44-45-47-49-51-53-55-57-59-61-65(69)66-63(62-67)64(68)60-58-56-54-52-50-48-46-20-18-16-14-12-10-8-6-4-2/h5,7,11,13,17,19,22-23,25-26,28-29,31-32,58,60,63-64,67-68H,3-4,6,8-10,12,14-16,18,20-21,24,27,30,33-57,59,61-62H2,1-2H3,(H,66,69)/b7-5-,13-11-,19-17-,23-22-,26-25-,29-28-,32-31-,60-58+. The predicted molar refractivity (Wildman–Crippen MR) is 308 cm³/mol. The van der Waals surface area contributed by atoms with Crippen molar-refractivity contribution in [2.24, 2.45) is 0 Å². The van der Waals surface area contributed by atoms with Gasteiger partial charge in [-0.25, -0.2) is 0 Å². The Morgan fingerprint density at radius 1 is 0.362 bits per heavy atom. The summed E-state index contributed by atoms with van der Waals surface area (Å²) < 4.78 is 0. The molecule has 0 aromatic carbocycles. The van der Waals surface area contributed by atoms with Crippen LogP contribution >= 0.6 is 0 Å². The summed E-state index contributed by atoms with van der Waals surface area (Å²) in [4.78, 5) is 12.5. The number of nitrogens with one attached hydrogen (secondary N) is 1. The number of hydrogen-bond acceptors (Lipinski definition) is 3. The van der Waals surface area contributed by atoms with E-state index in [1.807, 2.05) is 6.08 Å². The van der Waals surface area contributed by atoms with E-state index >= 15 is 0 Å². The lowest BCUT2D eigenvalue weighted by atomic mass is 10.0. The predicted octanol–water partition coefficient (Wildman–Crippen LogP) is 20.1. The van der Waals surface area contributed by atoms with Gasteiger partial charge in [0.1, 0.15) is 0 Å². The molecule has 2 unspecified atom stereocenters. The van der Waals surface area contributed by atoms with Gasteiger partial charge in [0, 0.05) is 6.42 Å². The summed E-state index contributed by atoms with van der Waals surface area (Å²) in [5.74, 6) is -0.0627. The molecule has 0 aromatic heterocycles. The van der Waals surface area contributed by atoms with Crippen LogP contribution in [0.2, 0.25) is 0 Å². The lowest BCUT2D eigenvalue weighted by molar-refractivity contribution is -0.123. The topological polar surface area (TPSA) is 69.6 Å². The van der Waals surface area contributed by atoms with Crippen LogP contribution in [-0.2, 0) is 4.79 Å². The molecule has 0 saturated heterocycles. The van der Waals surface area contributed by atoms with Crippen LogP contribution in [0.1, 0.15) is 290 Å². The van der Waals surface area contributed by atoms with Crippen molar-refractivity contribution in [3.8, 4) is 0 Å². The smallest absolute Gasteiger partial charge is 0.220 e. The Hall–Kier alpha value is -2.69. The van der Waals surface area contributed by atoms with Gasteiger partial charge in [0.05, 0.1) is 18.8 Å². The van der Waals surface area contributed by atoms with Gasteiger partial charge in [0.15, 0.2) is 0 Å². The van der Waals surface area contributed by atoms with Crippen LogP contribution in [0.3, 0.4) is 0 Å². The molecule has 0 fully saturated rings. The minimum Gasteiger partial charge on any atom is -0.394 e. The van der Waals surface area contributed by atoms with Crippen LogP contribution in [0.15, 0.2) is 97.2 Å². The molecule has 0 aromatic rings. The van der Waals surface area contributed by atoms with E-state index in [-0.39, 0.29) is 12.5 Å². The molecule has 0 spiro atoms. The van der Waals surface area contributed by atoms with Gasteiger partial charge in [-0.3, -0.25) is 4.79 Å². The van der Waals surface area contributed by atoms with Crippen molar-refractivity contribution in [3.63, 3.8) is 0 Å². The minimum atomic E-state index is -0.841. The molecule has 0 rings (SSSR count). The van der Waals surface area contributed by atoms with Crippen molar-refractivity contribution in [1.29, 1.82) is 0 Å². The summed E-state index contributed by atoms with van der Waals surface area (Å²) in [6.45, 7) is 4.20. The highest BCUT2D eigenvalue weighted by Crippen LogP contribution is 2.17. The van der Waals surface area contributed by atoms with Crippen LogP contribution in [0, 0.1) is 0 Å². The summed E-state index contributed by atoms with van der Waals surface area (Å²) in [6.07, 6.45) is 88.7. The third kappa shape index (κ3) is 56.1. The summed E-state index contributed by atoms with van der Waals surface area (Å²) >= 11 is 0. The van der Waals surface area contributed by atoms with Crippen molar-refractivity contribution >= 4 is 5.91 Å². The maximum atomic E-state index is 12.5. The van der Waals surface area contributed by atoms with Gasteiger partial charge in [-0.15, -0.1) is 0 Å². The van der Waals surface area contributed by atoms with Crippen LogP contribution < -0.4 is 5.32 Å². The number of rotatable bonds is 54. The van der Waals surface area contributed by atoms with Crippen molar-refractivity contribution < 1.29 is 15.0 Å². The van der Waals surface area contributed by atoms with E-state index in [9.17, 15) is 15.0 Å². The van der Waals surface area contributed by atoms with Gasteiger partial charge in [-0.1, -0.05) is 304 Å². The largest absolute Gasteiger partial charge is 0.394 e. The van der Waals surface area contributed by atoms with Gasteiger partial charge < -0.3 is 15.5 Å². The van der Waals surface area contributed by atoms with Crippen LogP contribution in [0.5, 0.6) is 0 Å². The monoisotopic (exact) mass is 958 g/mol. The van der Waals surface area contributed by atoms with E-state index in [0.717, 1.165) is 70.6 Å². The number of unbranched alkanes of at least 4 members (excludes halogenated alkanes) is 33. The van der Waals surface area contributed by atoms with E-state index in [1.165, 1.54) is 199 Å². The van der Waals surface area contributed by atoms with E-state index in [1.54, 1.807) is 6.08 Å². The van der Waals surface area contributed by atoms with Crippen molar-refractivity contribution in [3.05, 3.63) is 97.2 Å². The maximum Gasteiger partial charge on any atom is 0.220 e. The first-order valence-electron chi connectivity index (χ1n) is 30.0. The molecule has 4 nitrogen and oxygen atoms in total. The first-order valence-corrected chi connectivity index (χ1v) is 30.0. The lowest BCUT2D eigenvalue weighted by Gasteiger charge is -2.20. The number of aliphatic hydroxyl groups excluding tert-OH is 2. The number of carbonyl (C=O) groups is 1. The Morgan fingerprint density at radius 3 is 0.957 bits per heavy atom. The lowest BCUT2D eigenvalue weighted by Crippen LogP contribution is -2.45. The molecule has 69 heavy (non-hydrogen) atoms. The van der Waals surface area contributed by atoms with Crippen molar-refractivity contribution in [1.82, 2.24) is 5.32 Å². The zero-order chi connectivity index (χ0) is 49.9. The van der Waals surface area contributed by atoms with Crippen LogP contribution in [-0.4, -0.2) is 34.9 Å². The summed E-state index contributed by atoms with van der Waals surface area (Å²) in [6, 6.07) is -0.624. The molecule has 398 valence electrons. The number of hydrogen-bond donors (Lipinski definition) is 3. The quantitative estimate of drug-likeness (QED) is 0.0420. The second kappa shape index (κ2) is 59.6. The highest BCUT2D eigenvalue weighted by atomic mass is 16.3. The van der Waals surface area contributed by atoms with Gasteiger partial charge in [-0.2, -0.15) is 0 Å². The molecule has 0 radical (unpaired) electrons. The summed E-state index contributed by atoms with van der Waals surface area (Å²) in [7, 11) is 0. The number of carbonyl (C=O) groups excluding carboxylic acids is 1. The Balaban J connectivity index is 3.48. The fourth-order valence-electron chi connectivity index (χ4n) is 8.81. The normalized spacial score (nSPS) is 13.5. The van der Waals surface area contributed by atoms with Crippen molar-refractivity contribution in [2.45, 2.75) is 302 Å². The molecule has 4 heteroatoms. The second-order valence-electron chi connectivity index (χ2n) is 20.0. The zero-order valence-corrected chi connectivity index (χ0v) is 45.8. The summed E-state index contributed by atoms with van der Waals surface area (Å²) in [5.41, 5.74) is 0. The molecule has 0 heterocycles. The highest BCUT2D eigenvalue weighted by molar-refractivity contribution is 5.76. The molecule has 0 bridgehead atoms. The average Bonchev–Trinajstić information content (AvgIpc) is 3.35.